The number of ether oxygens (including phenoxy) is 1. The van der Waals surface area contributed by atoms with Crippen LogP contribution in [0.3, 0.4) is 0 Å². The zero-order valence-corrected chi connectivity index (χ0v) is 12.6. The predicted molar refractivity (Wildman–Crippen MR) is 78.5 cm³/mol. The summed E-state index contributed by atoms with van der Waals surface area (Å²) < 4.78 is 29.6. The van der Waals surface area contributed by atoms with Crippen LogP contribution in [0.25, 0.3) is 0 Å². The molecule has 1 aromatic heterocycles. The van der Waals surface area contributed by atoms with Gasteiger partial charge >= 0.3 is 6.61 Å². The summed E-state index contributed by atoms with van der Waals surface area (Å²) in [7, 11) is 0. The van der Waals surface area contributed by atoms with Gasteiger partial charge < -0.3 is 9.64 Å². The molecule has 0 unspecified atom stereocenters. The highest BCUT2D eigenvalue weighted by atomic mass is 35.5. The van der Waals surface area contributed by atoms with Crippen molar-refractivity contribution in [2.45, 2.75) is 13.2 Å². The first-order valence-electron chi connectivity index (χ1n) is 5.83. The van der Waals surface area contributed by atoms with Crippen LogP contribution in [0.1, 0.15) is 4.88 Å². The van der Waals surface area contributed by atoms with E-state index in [4.69, 9.17) is 11.6 Å². The van der Waals surface area contributed by atoms with E-state index in [-0.39, 0.29) is 0 Å². The molecule has 0 saturated heterocycles. The van der Waals surface area contributed by atoms with Gasteiger partial charge in [0, 0.05) is 9.78 Å². The molecule has 0 N–H and O–H groups in total. The highest BCUT2D eigenvalue weighted by Crippen LogP contribution is 2.44. The van der Waals surface area contributed by atoms with Gasteiger partial charge in [-0.05, 0) is 23.6 Å². The lowest BCUT2D eigenvalue weighted by molar-refractivity contribution is -0.0964. The van der Waals surface area contributed by atoms with Crippen molar-refractivity contribution in [3.63, 3.8) is 0 Å². The van der Waals surface area contributed by atoms with Crippen molar-refractivity contribution in [2.75, 3.05) is 5.75 Å². The molecule has 20 heavy (non-hydrogen) atoms. The molecule has 3 heterocycles. The van der Waals surface area contributed by atoms with E-state index in [9.17, 15) is 8.78 Å². The van der Waals surface area contributed by atoms with Gasteiger partial charge in [-0.25, -0.2) is 0 Å². The maximum atomic E-state index is 12.5. The summed E-state index contributed by atoms with van der Waals surface area (Å²) in [5.41, 5.74) is 0.663. The lowest BCUT2D eigenvalue weighted by atomic mass is 10.2. The summed E-state index contributed by atoms with van der Waals surface area (Å²) in [6, 6.07) is 3.94. The van der Waals surface area contributed by atoms with Crippen molar-refractivity contribution >= 4 is 34.7 Å². The van der Waals surface area contributed by atoms with Gasteiger partial charge in [0.2, 0.25) is 0 Å². The van der Waals surface area contributed by atoms with Gasteiger partial charge in [-0.15, -0.1) is 23.1 Å². The number of fused-ring (bicyclic) bond motifs is 1. The number of alkyl halides is 2. The molecular formula is C13H10ClF2NOS2. The van der Waals surface area contributed by atoms with Crippen LogP contribution in [0.5, 0.6) is 0 Å². The molecule has 0 spiro atoms. The number of nitrogens with zero attached hydrogens (tertiary/aromatic N) is 1. The molecule has 106 valence electrons. The van der Waals surface area contributed by atoms with Crippen LogP contribution < -0.4 is 0 Å². The van der Waals surface area contributed by atoms with Crippen molar-refractivity contribution in [1.29, 1.82) is 0 Å². The Morgan fingerprint density at radius 1 is 1.40 bits per heavy atom. The van der Waals surface area contributed by atoms with Crippen LogP contribution in [0, 0.1) is 0 Å². The first-order chi connectivity index (χ1) is 9.65. The van der Waals surface area contributed by atoms with E-state index in [0.717, 1.165) is 9.78 Å². The number of thiophene rings is 1. The molecule has 0 saturated carbocycles. The molecule has 7 heteroatoms. The summed E-state index contributed by atoms with van der Waals surface area (Å²) in [6.45, 7) is -2.26. The Hall–Kier alpha value is -0.980. The van der Waals surface area contributed by atoms with Gasteiger partial charge in [0.15, 0.2) is 0 Å². The third-order valence-corrected chi connectivity index (χ3v) is 5.12. The number of allylic oxidation sites excluding steroid dienone is 2. The second-order valence-corrected chi connectivity index (χ2v) is 6.56. The Labute approximate surface area is 128 Å². The minimum Gasteiger partial charge on any atom is -0.436 e. The highest BCUT2D eigenvalue weighted by Gasteiger charge is 2.32. The van der Waals surface area contributed by atoms with Gasteiger partial charge in [0.05, 0.1) is 18.0 Å². The first kappa shape index (κ1) is 14.0. The Bertz CT molecular complexity index is 596. The second kappa shape index (κ2) is 5.79. The van der Waals surface area contributed by atoms with Crippen molar-refractivity contribution in [2.24, 2.45) is 0 Å². The number of halogens is 3. The monoisotopic (exact) mass is 333 g/mol. The molecule has 0 amide bonds. The molecule has 1 aromatic rings. The van der Waals surface area contributed by atoms with Crippen LogP contribution in [-0.2, 0) is 11.3 Å². The molecule has 0 aliphatic carbocycles. The minimum atomic E-state index is -2.81. The third-order valence-electron chi connectivity index (χ3n) is 2.88. The summed E-state index contributed by atoms with van der Waals surface area (Å²) in [5, 5.41) is 2.48. The largest absolute Gasteiger partial charge is 0.436 e. The molecule has 2 aliphatic rings. The molecule has 2 nitrogen and oxygen atoms in total. The number of hydrogen-bond donors (Lipinski definition) is 0. The van der Waals surface area contributed by atoms with E-state index in [1.807, 2.05) is 28.5 Å². The SMILES string of the molecule is FC(F)OC1=C2C(=CC=C(Cl)N2Cc2cccs2)SC1. The Morgan fingerprint density at radius 2 is 2.25 bits per heavy atom. The van der Waals surface area contributed by atoms with Crippen LogP contribution in [-0.4, -0.2) is 17.3 Å². The molecule has 0 aromatic carbocycles. The first-order valence-corrected chi connectivity index (χ1v) is 8.08. The Kier molecular flexibility index (Phi) is 4.05. The molecule has 3 rings (SSSR count). The smallest absolute Gasteiger partial charge is 0.387 e. The fourth-order valence-corrected chi connectivity index (χ4v) is 4.00. The zero-order valence-electron chi connectivity index (χ0n) is 10.2. The van der Waals surface area contributed by atoms with Crippen LogP contribution in [0.15, 0.2) is 51.2 Å². The van der Waals surface area contributed by atoms with E-state index in [1.54, 1.807) is 17.4 Å². The van der Waals surface area contributed by atoms with Gasteiger partial charge in [-0.2, -0.15) is 8.78 Å². The standard InChI is InChI=1S/C13H10ClF2NOS2/c14-11-4-3-10-12(9(7-20-10)18-13(15)16)17(11)6-8-2-1-5-19-8/h1-5,13H,6-7H2. The molecule has 0 bridgehead atoms. The van der Waals surface area contributed by atoms with Gasteiger partial charge in [0.1, 0.15) is 10.9 Å². The van der Waals surface area contributed by atoms with Gasteiger partial charge in [-0.3, -0.25) is 0 Å². The summed E-state index contributed by atoms with van der Waals surface area (Å²) >= 11 is 9.31. The van der Waals surface area contributed by atoms with E-state index in [0.29, 0.717) is 28.9 Å². The average molecular weight is 334 g/mol. The lowest BCUT2D eigenvalue weighted by Gasteiger charge is -2.28. The fourth-order valence-electron chi connectivity index (χ4n) is 2.08. The van der Waals surface area contributed by atoms with Crippen molar-refractivity contribution < 1.29 is 13.5 Å². The molecule has 0 radical (unpaired) electrons. The summed E-state index contributed by atoms with van der Waals surface area (Å²) in [4.78, 5) is 3.85. The maximum Gasteiger partial charge on any atom is 0.387 e. The molecular weight excluding hydrogens is 324 g/mol. The highest BCUT2D eigenvalue weighted by molar-refractivity contribution is 8.03. The van der Waals surface area contributed by atoms with Crippen molar-refractivity contribution in [1.82, 2.24) is 4.90 Å². The van der Waals surface area contributed by atoms with Crippen molar-refractivity contribution in [3.05, 3.63) is 56.1 Å². The summed E-state index contributed by atoms with van der Waals surface area (Å²) in [5.74, 6) is 0.698. The van der Waals surface area contributed by atoms with Crippen LogP contribution in [0.2, 0.25) is 0 Å². The third kappa shape index (κ3) is 2.73. The molecule has 0 fully saturated rings. The fraction of sp³-hybridized carbons (Fsp3) is 0.231. The number of rotatable bonds is 4. The van der Waals surface area contributed by atoms with E-state index in [2.05, 4.69) is 4.74 Å². The van der Waals surface area contributed by atoms with E-state index < -0.39 is 6.61 Å². The topological polar surface area (TPSA) is 12.5 Å². The maximum absolute atomic E-state index is 12.5. The lowest BCUT2D eigenvalue weighted by Crippen LogP contribution is -2.23. The van der Waals surface area contributed by atoms with Crippen LogP contribution >= 0.6 is 34.7 Å². The summed E-state index contributed by atoms with van der Waals surface area (Å²) in [6.07, 6.45) is 3.63. The van der Waals surface area contributed by atoms with Gasteiger partial charge in [0.25, 0.3) is 0 Å². The molecule has 2 aliphatic heterocycles. The Morgan fingerprint density at radius 3 is 2.95 bits per heavy atom. The zero-order chi connectivity index (χ0) is 14.1. The average Bonchev–Trinajstić information content (AvgIpc) is 3.02. The quantitative estimate of drug-likeness (QED) is 0.739. The normalized spacial score (nSPS) is 18.3. The number of hydrogen-bond acceptors (Lipinski definition) is 4. The number of thioether (sulfide) groups is 1. The Balaban J connectivity index is 1.93. The van der Waals surface area contributed by atoms with E-state index in [1.165, 1.54) is 11.8 Å². The second-order valence-electron chi connectivity index (χ2n) is 4.12. The predicted octanol–water partition coefficient (Wildman–Crippen LogP) is 4.73. The van der Waals surface area contributed by atoms with Crippen molar-refractivity contribution in [3.8, 4) is 0 Å². The molecule has 0 atom stereocenters. The van der Waals surface area contributed by atoms with Gasteiger partial charge in [-0.1, -0.05) is 17.7 Å². The minimum absolute atomic E-state index is 0.291. The van der Waals surface area contributed by atoms with Crippen LogP contribution in [0.4, 0.5) is 8.78 Å². The van der Waals surface area contributed by atoms with E-state index >= 15 is 0 Å².